The number of Topliss-reactive ketones (excluding diaryl/α,β-unsaturated/α-hetero) is 1. The highest BCUT2D eigenvalue weighted by Gasteiger charge is 2.25. The third kappa shape index (κ3) is 4.13. The van der Waals surface area contributed by atoms with Gasteiger partial charge in [0.25, 0.3) is 0 Å². The molecule has 1 atom stereocenters. The Morgan fingerprint density at radius 2 is 1.90 bits per heavy atom. The van der Waals surface area contributed by atoms with E-state index in [1.165, 1.54) is 31.7 Å². The third-order valence-electron chi connectivity index (χ3n) is 4.76. The van der Waals surface area contributed by atoms with Gasteiger partial charge in [-0.1, -0.05) is 26.0 Å². The first kappa shape index (κ1) is 16.2. The van der Waals surface area contributed by atoms with Crippen LogP contribution in [0.1, 0.15) is 49.9 Å². The molecule has 0 bridgehead atoms. The van der Waals surface area contributed by atoms with Gasteiger partial charge in [-0.2, -0.15) is 0 Å². The van der Waals surface area contributed by atoms with Gasteiger partial charge in [0.15, 0.2) is 5.78 Å². The van der Waals surface area contributed by atoms with E-state index in [-0.39, 0.29) is 17.3 Å². The summed E-state index contributed by atoms with van der Waals surface area (Å²) in [6.45, 7) is 4.91. The Bertz CT molecular complexity index is 480. The third-order valence-corrected chi connectivity index (χ3v) is 4.76. The Morgan fingerprint density at radius 3 is 2.52 bits per heavy atom. The zero-order valence-corrected chi connectivity index (χ0v) is 13.3. The van der Waals surface area contributed by atoms with E-state index in [9.17, 15) is 9.18 Å². The second kappa shape index (κ2) is 7.17. The molecular formula is C18H26FNO. The van der Waals surface area contributed by atoms with Crippen LogP contribution < -0.4 is 0 Å². The van der Waals surface area contributed by atoms with Gasteiger partial charge >= 0.3 is 0 Å². The van der Waals surface area contributed by atoms with Crippen LogP contribution in [0.4, 0.5) is 4.39 Å². The molecule has 116 valence electrons. The molecule has 0 heterocycles. The molecule has 0 radical (unpaired) electrons. The molecule has 1 saturated carbocycles. The van der Waals surface area contributed by atoms with Gasteiger partial charge in [0.2, 0.25) is 0 Å². The summed E-state index contributed by atoms with van der Waals surface area (Å²) in [5.74, 6) is 0.144. The summed E-state index contributed by atoms with van der Waals surface area (Å²) in [6.07, 6.45) is 4.95. The lowest BCUT2D eigenvalue weighted by Crippen LogP contribution is -2.39. The van der Waals surface area contributed by atoms with Gasteiger partial charge in [-0.25, -0.2) is 4.39 Å². The van der Waals surface area contributed by atoms with E-state index in [1.807, 2.05) is 6.92 Å². The first-order chi connectivity index (χ1) is 9.99. The van der Waals surface area contributed by atoms with Crippen LogP contribution in [0.25, 0.3) is 0 Å². The van der Waals surface area contributed by atoms with Crippen molar-refractivity contribution in [3.8, 4) is 0 Å². The molecule has 0 aromatic heterocycles. The van der Waals surface area contributed by atoms with Gasteiger partial charge in [-0.05, 0) is 50.8 Å². The molecular weight excluding hydrogens is 265 g/mol. The highest BCUT2D eigenvalue weighted by molar-refractivity contribution is 5.98. The van der Waals surface area contributed by atoms with Crippen LogP contribution >= 0.6 is 0 Å². The molecule has 0 saturated heterocycles. The van der Waals surface area contributed by atoms with Gasteiger partial charge in [0, 0.05) is 18.5 Å². The fourth-order valence-electron chi connectivity index (χ4n) is 3.27. The predicted octanol–water partition coefficient (Wildman–Crippen LogP) is 4.16. The largest absolute Gasteiger partial charge is 0.303 e. The fourth-order valence-corrected chi connectivity index (χ4v) is 3.27. The fraction of sp³-hybridized carbons (Fsp3) is 0.611. The van der Waals surface area contributed by atoms with Gasteiger partial charge in [0.1, 0.15) is 5.82 Å². The molecule has 1 aliphatic rings. The number of ketones is 1. The second-order valence-corrected chi connectivity index (χ2v) is 6.60. The normalized spacial score (nSPS) is 24.0. The minimum absolute atomic E-state index is 0.0934. The standard InChI is InChI=1S/C18H26FNO/c1-13-8-10-15(11-9-13)20(3)12-14(2)18(21)16-6-4-5-7-17(16)19/h4-7,13-15H,8-12H2,1-3H3. The summed E-state index contributed by atoms with van der Waals surface area (Å²) >= 11 is 0. The van der Waals surface area contributed by atoms with Gasteiger partial charge in [-0.3, -0.25) is 4.79 Å². The number of rotatable bonds is 5. The molecule has 1 aliphatic carbocycles. The lowest BCUT2D eigenvalue weighted by atomic mass is 9.86. The van der Waals surface area contributed by atoms with E-state index < -0.39 is 5.82 Å². The van der Waals surface area contributed by atoms with Crippen LogP contribution in [0.15, 0.2) is 24.3 Å². The molecule has 0 N–H and O–H groups in total. The zero-order valence-electron chi connectivity index (χ0n) is 13.3. The molecule has 21 heavy (non-hydrogen) atoms. The SMILES string of the molecule is CC1CCC(N(C)CC(C)C(=O)c2ccccc2F)CC1. The predicted molar refractivity (Wildman–Crippen MR) is 83.9 cm³/mol. The molecule has 2 rings (SSSR count). The number of carbonyl (C=O) groups is 1. The molecule has 2 nitrogen and oxygen atoms in total. The molecule has 1 unspecified atom stereocenters. The smallest absolute Gasteiger partial charge is 0.169 e. The Labute approximate surface area is 127 Å². The van der Waals surface area contributed by atoms with Gasteiger partial charge < -0.3 is 4.90 Å². The minimum Gasteiger partial charge on any atom is -0.303 e. The van der Waals surface area contributed by atoms with Crippen molar-refractivity contribution < 1.29 is 9.18 Å². The van der Waals surface area contributed by atoms with Crippen LogP contribution in [-0.4, -0.2) is 30.3 Å². The van der Waals surface area contributed by atoms with Gasteiger partial charge in [-0.15, -0.1) is 0 Å². The van der Waals surface area contributed by atoms with E-state index in [4.69, 9.17) is 0 Å². The lowest BCUT2D eigenvalue weighted by molar-refractivity contribution is 0.0860. The van der Waals surface area contributed by atoms with Crippen molar-refractivity contribution in [1.82, 2.24) is 4.90 Å². The first-order valence-electron chi connectivity index (χ1n) is 7.98. The average Bonchev–Trinajstić information content (AvgIpc) is 2.47. The minimum atomic E-state index is -0.413. The quantitative estimate of drug-likeness (QED) is 0.759. The van der Waals surface area contributed by atoms with E-state index in [1.54, 1.807) is 18.2 Å². The Balaban J connectivity index is 1.93. The highest BCUT2D eigenvalue weighted by atomic mass is 19.1. The van der Waals surface area contributed by atoms with Crippen molar-refractivity contribution in [3.05, 3.63) is 35.6 Å². The summed E-state index contributed by atoms with van der Waals surface area (Å²) in [5, 5.41) is 0. The molecule has 1 aromatic rings. The van der Waals surface area contributed by atoms with Crippen molar-refractivity contribution in [3.63, 3.8) is 0 Å². The van der Waals surface area contributed by atoms with Crippen molar-refractivity contribution in [2.75, 3.05) is 13.6 Å². The van der Waals surface area contributed by atoms with E-state index >= 15 is 0 Å². The molecule has 3 heteroatoms. The van der Waals surface area contributed by atoms with E-state index in [0.29, 0.717) is 12.6 Å². The number of hydrogen-bond acceptors (Lipinski definition) is 2. The summed E-state index contributed by atoms with van der Waals surface area (Å²) in [5.41, 5.74) is 0.218. The topological polar surface area (TPSA) is 20.3 Å². The number of hydrogen-bond donors (Lipinski definition) is 0. The molecule has 1 fully saturated rings. The lowest BCUT2D eigenvalue weighted by Gasteiger charge is -2.34. The number of halogens is 1. The molecule has 1 aromatic carbocycles. The summed E-state index contributed by atoms with van der Waals surface area (Å²) in [4.78, 5) is 14.7. The van der Waals surface area contributed by atoms with Crippen LogP contribution in [-0.2, 0) is 0 Å². The number of benzene rings is 1. The second-order valence-electron chi connectivity index (χ2n) is 6.60. The van der Waals surface area contributed by atoms with Crippen molar-refractivity contribution in [2.24, 2.45) is 11.8 Å². The van der Waals surface area contributed by atoms with E-state index in [2.05, 4.69) is 18.9 Å². The van der Waals surface area contributed by atoms with Crippen LogP contribution in [0.5, 0.6) is 0 Å². The zero-order chi connectivity index (χ0) is 15.4. The maximum absolute atomic E-state index is 13.7. The average molecular weight is 291 g/mol. The Morgan fingerprint density at radius 1 is 1.29 bits per heavy atom. The molecule has 0 spiro atoms. The Hall–Kier alpha value is -1.22. The number of carbonyl (C=O) groups excluding carboxylic acids is 1. The maximum atomic E-state index is 13.7. The van der Waals surface area contributed by atoms with E-state index in [0.717, 1.165) is 5.92 Å². The molecule has 0 amide bonds. The highest BCUT2D eigenvalue weighted by Crippen LogP contribution is 2.27. The summed E-state index contributed by atoms with van der Waals surface area (Å²) < 4.78 is 13.7. The Kier molecular flexibility index (Phi) is 5.51. The maximum Gasteiger partial charge on any atom is 0.169 e. The van der Waals surface area contributed by atoms with Gasteiger partial charge in [0.05, 0.1) is 5.56 Å². The molecule has 0 aliphatic heterocycles. The first-order valence-corrected chi connectivity index (χ1v) is 7.98. The van der Waals surface area contributed by atoms with Crippen molar-refractivity contribution in [2.45, 2.75) is 45.6 Å². The van der Waals surface area contributed by atoms with Crippen LogP contribution in [0, 0.1) is 17.7 Å². The van der Waals surface area contributed by atoms with Crippen molar-refractivity contribution in [1.29, 1.82) is 0 Å². The number of nitrogens with zero attached hydrogens (tertiary/aromatic N) is 1. The monoisotopic (exact) mass is 291 g/mol. The van der Waals surface area contributed by atoms with Crippen LogP contribution in [0.2, 0.25) is 0 Å². The van der Waals surface area contributed by atoms with Crippen LogP contribution in [0.3, 0.4) is 0 Å². The summed E-state index contributed by atoms with van der Waals surface area (Å²) in [7, 11) is 2.09. The van der Waals surface area contributed by atoms with Crippen molar-refractivity contribution >= 4 is 5.78 Å². The summed E-state index contributed by atoms with van der Waals surface area (Å²) in [6, 6.07) is 6.83.